The van der Waals surface area contributed by atoms with Gasteiger partial charge in [0.15, 0.2) is 0 Å². The van der Waals surface area contributed by atoms with Crippen molar-refractivity contribution in [3.8, 4) is 11.5 Å². The standard InChI is InChI=1S/C28H25N3O6P2/c1-18-10-12-21(13-11-18)26(27-22-8-4-2-6-19(22)14-16-24(27)34-38-31(32)33)28-23-9-5-3-7-20(23)15-17-25(28)35-39(36-29)37-30/h2-17,26,38H,29-30H2,1H3. The van der Waals surface area contributed by atoms with Gasteiger partial charge in [0.1, 0.15) is 11.5 Å². The lowest BCUT2D eigenvalue weighted by Crippen LogP contribution is -2.11. The first-order valence-electron chi connectivity index (χ1n) is 11.9. The maximum Gasteiger partial charge on any atom is 0.440 e. The average Bonchev–Trinajstić information content (AvgIpc) is 2.96. The van der Waals surface area contributed by atoms with E-state index >= 15 is 0 Å². The van der Waals surface area contributed by atoms with Crippen molar-refractivity contribution in [1.29, 1.82) is 0 Å². The zero-order valence-electron chi connectivity index (χ0n) is 20.8. The molecule has 0 spiro atoms. The molecule has 0 saturated carbocycles. The SMILES string of the molecule is Cc1ccc(C(c2c(OP[N+](=O)[O-])ccc3ccccc23)c2c(OP(ON)ON)ccc3ccccc23)cc1. The molecule has 0 radical (unpaired) electrons. The van der Waals surface area contributed by atoms with E-state index in [9.17, 15) is 10.1 Å². The van der Waals surface area contributed by atoms with Crippen LogP contribution in [0.1, 0.15) is 28.2 Å². The van der Waals surface area contributed by atoms with Gasteiger partial charge in [0.25, 0.3) is 0 Å². The maximum absolute atomic E-state index is 11.3. The van der Waals surface area contributed by atoms with Gasteiger partial charge in [0.2, 0.25) is 0 Å². The number of nitro groups is 1. The largest absolute Gasteiger partial charge is 0.440 e. The highest BCUT2D eigenvalue weighted by Crippen LogP contribution is 2.50. The molecule has 39 heavy (non-hydrogen) atoms. The minimum Gasteiger partial charge on any atom is -0.425 e. The van der Waals surface area contributed by atoms with Gasteiger partial charge in [-0.25, -0.2) is 21.0 Å². The van der Waals surface area contributed by atoms with Gasteiger partial charge in [-0.1, -0.05) is 90.5 Å². The van der Waals surface area contributed by atoms with Crippen LogP contribution in [0, 0.1) is 17.0 Å². The van der Waals surface area contributed by atoms with E-state index in [2.05, 4.69) is 0 Å². The summed E-state index contributed by atoms with van der Waals surface area (Å²) >= 11 is 0. The van der Waals surface area contributed by atoms with E-state index < -0.39 is 28.2 Å². The van der Waals surface area contributed by atoms with Gasteiger partial charge in [-0.15, -0.1) is 0 Å². The predicted molar refractivity (Wildman–Crippen MR) is 154 cm³/mol. The smallest absolute Gasteiger partial charge is 0.425 e. The minimum atomic E-state index is -2.09. The van der Waals surface area contributed by atoms with Gasteiger partial charge in [0, 0.05) is 17.0 Å². The van der Waals surface area contributed by atoms with E-state index in [1.807, 2.05) is 97.9 Å². The van der Waals surface area contributed by atoms with E-state index in [0.717, 1.165) is 43.8 Å². The van der Waals surface area contributed by atoms with Crippen LogP contribution >= 0.6 is 17.6 Å². The van der Waals surface area contributed by atoms with Gasteiger partial charge in [-0.3, -0.25) is 10.1 Å². The lowest BCUT2D eigenvalue weighted by molar-refractivity contribution is -0.304. The summed E-state index contributed by atoms with van der Waals surface area (Å²) in [6.45, 7) is 2.01. The van der Waals surface area contributed by atoms with Crippen LogP contribution in [0.25, 0.3) is 21.5 Å². The fourth-order valence-electron chi connectivity index (χ4n) is 4.79. The summed E-state index contributed by atoms with van der Waals surface area (Å²) in [5.41, 5.74) is 3.56. The van der Waals surface area contributed by atoms with Crippen LogP contribution in [0.15, 0.2) is 97.1 Å². The van der Waals surface area contributed by atoms with Crippen LogP contribution in [0.4, 0.5) is 0 Å². The summed E-state index contributed by atoms with van der Waals surface area (Å²) in [6.07, 6.45) is 0. The maximum atomic E-state index is 11.3. The summed E-state index contributed by atoms with van der Waals surface area (Å²) in [5.74, 6) is 11.2. The lowest BCUT2D eigenvalue weighted by atomic mass is 9.79. The number of hydrogen-bond acceptors (Lipinski definition) is 8. The number of nitrogens with zero attached hydrogens (tertiary/aromatic N) is 1. The topological polar surface area (TPSA) is 132 Å². The van der Waals surface area contributed by atoms with E-state index in [0.29, 0.717) is 11.5 Å². The average molecular weight is 561 g/mol. The quantitative estimate of drug-likeness (QED) is 0.0804. The minimum absolute atomic E-state index is 0.403. The molecule has 0 amide bonds. The van der Waals surface area contributed by atoms with Crippen molar-refractivity contribution in [2.24, 2.45) is 11.8 Å². The Morgan fingerprint density at radius 2 is 1.31 bits per heavy atom. The number of hydrogen-bond donors (Lipinski definition) is 2. The zero-order chi connectivity index (χ0) is 27.4. The van der Waals surface area contributed by atoms with Gasteiger partial charge in [-0.2, -0.15) is 0 Å². The third kappa shape index (κ3) is 5.70. The molecule has 5 aromatic carbocycles. The Hall–Kier alpha value is -3.68. The normalized spacial score (nSPS) is 12.4. The van der Waals surface area contributed by atoms with Crippen molar-refractivity contribution in [3.05, 3.63) is 129 Å². The Kier molecular flexibility index (Phi) is 8.29. The van der Waals surface area contributed by atoms with Crippen LogP contribution in [0.3, 0.4) is 0 Å². The number of rotatable bonds is 10. The fraction of sp³-hybridized carbons (Fsp3) is 0.0714. The molecule has 0 heterocycles. The fourth-order valence-corrected chi connectivity index (χ4v) is 5.59. The molecule has 11 heteroatoms. The lowest BCUT2D eigenvalue weighted by Gasteiger charge is -2.27. The zero-order valence-corrected chi connectivity index (χ0v) is 22.7. The van der Waals surface area contributed by atoms with Crippen LogP contribution in [0.5, 0.6) is 11.5 Å². The van der Waals surface area contributed by atoms with E-state index in [1.165, 1.54) is 0 Å². The second-order valence-corrected chi connectivity index (χ2v) is 10.5. The summed E-state index contributed by atoms with van der Waals surface area (Å²) in [5, 5.41) is 15.1. The number of aryl methyl sites for hydroxylation is 1. The van der Waals surface area contributed by atoms with E-state index in [1.54, 1.807) is 6.07 Å². The van der Waals surface area contributed by atoms with Gasteiger partial charge in [0.05, 0.1) is 4.69 Å². The molecule has 5 rings (SSSR count). The summed E-state index contributed by atoms with van der Waals surface area (Å²) in [6, 6.07) is 31.3. The second kappa shape index (κ2) is 12.0. The van der Waals surface area contributed by atoms with E-state index in [-0.39, 0.29) is 0 Å². The van der Waals surface area contributed by atoms with Crippen molar-refractivity contribution in [1.82, 2.24) is 0 Å². The van der Waals surface area contributed by atoms with Crippen LogP contribution < -0.4 is 20.8 Å². The molecular formula is C28H25N3O6P2. The molecule has 0 aliphatic carbocycles. The molecule has 9 nitrogen and oxygen atoms in total. The van der Waals surface area contributed by atoms with Gasteiger partial charge < -0.3 is 9.05 Å². The molecule has 0 saturated heterocycles. The molecule has 2 atom stereocenters. The number of fused-ring (bicyclic) bond motifs is 2. The first kappa shape index (κ1) is 26.9. The van der Waals surface area contributed by atoms with Crippen molar-refractivity contribution >= 4 is 39.1 Å². The highest BCUT2D eigenvalue weighted by molar-refractivity contribution is 7.42. The van der Waals surface area contributed by atoms with Crippen molar-refractivity contribution in [2.45, 2.75) is 12.8 Å². The van der Waals surface area contributed by atoms with Crippen molar-refractivity contribution in [3.63, 3.8) is 0 Å². The van der Waals surface area contributed by atoms with Crippen molar-refractivity contribution < 1.29 is 23.0 Å². The molecular weight excluding hydrogens is 536 g/mol. The summed E-state index contributed by atoms with van der Waals surface area (Å²) < 4.78 is 21.1. The number of benzene rings is 5. The Balaban J connectivity index is 1.88. The molecule has 0 aliphatic rings. The van der Waals surface area contributed by atoms with Crippen LogP contribution in [0.2, 0.25) is 0 Å². The first-order valence-corrected chi connectivity index (χ1v) is 13.8. The third-order valence-electron chi connectivity index (χ3n) is 6.42. The Bertz CT molecular complexity index is 1630. The van der Waals surface area contributed by atoms with Crippen molar-refractivity contribution in [2.75, 3.05) is 0 Å². The predicted octanol–water partition coefficient (Wildman–Crippen LogP) is 7.03. The van der Waals surface area contributed by atoms with Gasteiger partial charge >= 0.3 is 17.6 Å². The van der Waals surface area contributed by atoms with Gasteiger partial charge in [-0.05, 0) is 46.2 Å². The summed E-state index contributed by atoms with van der Waals surface area (Å²) in [7, 11) is -3.06. The molecule has 0 aliphatic heterocycles. The second-order valence-electron chi connectivity index (χ2n) is 8.72. The molecule has 0 aromatic heterocycles. The van der Waals surface area contributed by atoms with Crippen LogP contribution in [-0.4, -0.2) is 4.69 Å². The molecule has 5 aromatic rings. The molecule has 0 bridgehead atoms. The monoisotopic (exact) mass is 561 g/mol. The highest BCUT2D eigenvalue weighted by Gasteiger charge is 2.30. The van der Waals surface area contributed by atoms with Crippen LogP contribution in [-0.2, 0) is 9.25 Å². The Morgan fingerprint density at radius 3 is 1.87 bits per heavy atom. The highest BCUT2D eigenvalue weighted by atomic mass is 31.2. The molecule has 0 fully saturated rings. The first-order chi connectivity index (χ1) is 19.0. The molecule has 2 unspecified atom stereocenters. The third-order valence-corrected chi connectivity index (χ3v) is 7.57. The molecule has 198 valence electrons. The molecule has 4 N–H and O–H groups in total. The summed E-state index contributed by atoms with van der Waals surface area (Å²) in [4.78, 5) is 11.3. The Labute approximate surface area is 227 Å². The Morgan fingerprint density at radius 1 is 0.769 bits per heavy atom. The number of nitrogens with two attached hydrogens (primary N) is 2. The van der Waals surface area contributed by atoms with E-state index in [4.69, 9.17) is 30.1 Å².